The summed E-state index contributed by atoms with van der Waals surface area (Å²) >= 11 is 0. The predicted molar refractivity (Wildman–Crippen MR) is 301 cm³/mol. The molecule has 5 heterocycles. The second-order valence-electron chi connectivity index (χ2n) is 22.6. The molecule has 19 nitrogen and oxygen atoms in total. The van der Waals surface area contributed by atoms with Gasteiger partial charge in [0, 0.05) is 54.8 Å². The molecule has 3 saturated heterocycles. The number of carbonyl (C=O) groups is 6. The number of aromatic nitrogens is 3. The molecule has 5 N–H and O–H groups in total. The number of hydrogen-bond acceptors (Lipinski definition) is 12. The number of nitrogens with one attached hydrogen (secondary N) is 4. The highest BCUT2D eigenvalue weighted by atomic mass is 19.1. The number of methoxy groups -OCH3 is 1. The second kappa shape index (κ2) is 23.4. The molecule has 0 unspecified atom stereocenters. The van der Waals surface area contributed by atoms with Crippen LogP contribution < -0.4 is 30.9 Å². The number of hydrogen-bond donors (Lipinski definition) is 5. The summed E-state index contributed by atoms with van der Waals surface area (Å²) in [4.78, 5) is 92.4. The number of nitrogens with zero attached hydrogens (tertiary/aromatic N) is 6. The lowest BCUT2D eigenvalue weighted by Gasteiger charge is -2.47. The minimum atomic E-state index is -1.34. The number of urea groups is 1. The van der Waals surface area contributed by atoms with E-state index in [0.29, 0.717) is 63.6 Å². The van der Waals surface area contributed by atoms with Crippen LogP contribution in [0.3, 0.4) is 0 Å². The van der Waals surface area contributed by atoms with E-state index in [1.165, 1.54) is 50.4 Å². The van der Waals surface area contributed by atoms with Gasteiger partial charge in [0.1, 0.15) is 41.5 Å². The first-order chi connectivity index (χ1) is 38.5. The zero-order valence-electron chi connectivity index (χ0n) is 46.6. The maximum atomic E-state index is 15.6. The number of carbonyl (C=O) groups excluding carboxylic acids is 6. The molecule has 0 atom stereocenters. The number of likely N-dealkylation sites (tertiary alicyclic amines) is 2. The molecule has 9 rings (SSSR count). The third-order valence-corrected chi connectivity index (χ3v) is 15.5. The third-order valence-electron chi connectivity index (χ3n) is 15.5. The van der Waals surface area contributed by atoms with Crippen molar-refractivity contribution in [1.82, 2.24) is 40.3 Å². The number of rotatable bonds is 15. The van der Waals surface area contributed by atoms with E-state index in [-0.39, 0.29) is 60.2 Å². The zero-order chi connectivity index (χ0) is 58.0. The Balaban J connectivity index is 0.876. The summed E-state index contributed by atoms with van der Waals surface area (Å²) in [5, 5.41) is 21.2. The van der Waals surface area contributed by atoms with Gasteiger partial charge >= 0.3 is 12.1 Å². The molecule has 7 amide bonds. The second-order valence-corrected chi connectivity index (χ2v) is 22.6. The Kier molecular flexibility index (Phi) is 16.6. The average Bonchev–Trinajstić information content (AvgIpc) is 4.10. The molecule has 2 aromatic heterocycles. The lowest BCUT2D eigenvalue weighted by Crippen LogP contribution is -2.50. The van der Waals surface area contributed by atoms with Crippen molar-refractivity contribution in [1.29, 1.82) is 0 Å². The van der Waals surface area contributed by atoms with Crippen molar-refractivity contribution in [3.8, 4) is 28.3 Å². The minimum Gasteiger partial charge on any atom is -0.495 e. The van der Waals surface area contributed by atoms with Crippen LogP contribution in [0.15, 0.2) is 85.2 Å². The Morgan fingerprint density at radius 2 is 1.56 bits per heavy atom. The summed E-state index contributed by atoms with van der Waals surface area (Å²) in [6, 6.07) is 20.7. The van der Waals surface area contributed by atoms with Crippen LogP contribution in [-0.4, -0.2) is 124 Å². The number of piperidine rings is 2. The summed E-state index contributed by atoms with van der Waals surface area (Å²) in [6.07, 6.45) is 5.37. The molecule has 6 aromatic rings. The first kappa shape index (κ1) is 57.4. The first-order valence-corrected chi connectivity index (χ1v) is 27.1. The molecule has 0 bridgehead atoms. The van der Waals surface area contributed by atoms with Gasteiger partial charge in [-0.1, -0.05) is 30.3 Å². The largest absolute Gasteiger partial charge is 0.495 e. The Labute approximate surface area is 468 Å². The van der Waals surface area contributed by atoms with Crippen LogP contribution in [0.1, 0.15) is 104 Å². The van der Waals surface area contributed by atoms with Crippen LogP contribution in [0.25, 0.3) is 33.5 Å². The quantitative estimate of drug-likeness (QED) is 0.0653. The normalized spacial score (nSPS) is 15.8. The molecular formula is C60H68F2N10O9. The molecule has 4 aromatic carbocycles. The van der Waals surface area contributed by atoms with Crippen molar-refractivity contribution < 1.29 is 52.1 Å². The molecular weight excluding hydrogens is 1040 g/mol. The standard InChI is InChI=1S/C60H68F2N10O9/c1-36-43(30-41(61)31-46(36)67-54(75)42-14-13-40(29-45(42)62)59(5,6)79)52-44-32-47(72(53(44)65-34-64-52)35-66-51(74)33-63-57(78)81-58(2,3)4)38-10-8-37(9-11-38)16-22-69-24-18-60(19-25-69)20-26-70(27-21-60)55(76)39-12-15-49(80-7)48(28-39)71-23-17-50(73)68-56(71)77/h8-15,28-32,34,79H,16-27,33,35H2,1-7H3,(H,63,78)(H,66,74)(H,67,75)(H,68,73,77). The lowest BCUT2D eigenvalue weighted by molar-refractivity contribution is -0.121. The topological polar surface area (TPSA) is 230 Å². The van der Waals surface area contributed by atoms with Crippen molar-refractivity contribution in [3.63, 3.8) is 0 Å². The molecule has 0 radical (unpaired) electrons. The van der Waals surface area contributed by atoms with Crippen molar-refractivity contribution in [2.75, 3.05) is 63.1 Å². The fourth-order valence-corrected chi connectivity index (χ4v) is 10.8. The van der Waals surface area contributed by atoms with E-state index in [4.69, 9.17) is 9.47 Å². The highest BCUT2D eigenvalue weighted by molar-refractivity contribution is 6.08. The number of fused-ring (bicyclic) bond motifs is 1. The smallest absolute Gasteiger partial charge is 0.408 e. The van der Waals surface area contributed by atoms with Crippen molar-refractivity contribution in [2.24, 2.45) is 5.41 Å². The van der Waals surface area contributed by atoms with Gasteiger partial charge in [0.25, 0.3) is 11.8 Å². The van der Waals surface area contributed by atoms with E-state index in [1.807, 2.05) is 23.1 Å². The van der Waals surface area contributed by atoms with Crippen molar-refractivity contribution in [3.05, 3.63) is 125 Å². The van der Waals surface area contributed by atoms with Crippen LogP contribution >= 0.6 is 0 Å². The van der Waals surface area contributed by atoms with E-state index in [9.17, 15) is 33.9 Å². The van der Waals surface area contributed by atoms with Crippen LogP contribution in [0, 0.1) is 24.0 Å². The summed E-state index contributed by atoms with van der Waals surface area (Å²) in [7, 11) is 1.50. The molecule has 1 spiro atoms. The summed E-state index contributed by atoms with van der Waals surface area (Å²) < 4.78 is 43.5. The van der Waals surface area contributed by atoms with E-state index < -0.39 is 46.8 Å². The fraction of sp³-hybridized carbons (Fsp3) is 0.400. The Bertz CT molecular complexity index is 3410. The monoisotopic (exact) mass is 1110 g/mol. The van der Waals surface area contributed by atoms with E-state index in [0.717, 1.165) is 75.0 Å². The first-order valence-electron chi connectivity index (χ1n) is 27.1. The van der Waals surface area contributed by atoms with Gasteiger partial charge in [0.05, 0.1) is 42.0 Å². The van der Waals surface area contributed by atoms with Crippen molar-refractivity contribution in [2.45, 2.75) is 97.9 Å². The Hall–Kier alpha value is -8.30. The van der Waals surface area contributed by atoms with Gasteiger partial charge in [0.2, 0.25) is 11.8 Å². The van der Waals surface area contributed by atoms with E-state index in [2.05, 4.69) is 48.3 Å². The van der Waals surface area contributed by atoms with Gasteiger partial charge in [-0.2, -0.15) is 0 Å². The third kappa shape index (κ3) is 13.2. The number of alkyl carbamates (subject to hydrolysis) is 1. The molecule has 21 heteroatoms. The molecule has 3 fully saturated rings. The summed E-state index contributed by atoms with van der Waals surface area (Å²) in [5.41, 5.74) is 3.07. The van der Waals surface area contributed by atoms with Crippen LogP contribution in [0.4, 0.5) is 29.7 Å². The lowest BCUT2D eigenvalue weighted by atomic mass is 9.71. The summed E-state index contributed by atoms with van der Waals surface area (Å²) in [6.45, 7) is 13.6. The van der Waals surface area contributed by atoms with Crippen molar-refractivity contribution >= 4 is 58.2 Å². The predicted octanol–water partition coefficient (Wildman–Crippen LogP) is 8.45. The Morgan fingerprint density at radius 3 is 2.22 bits per heavy atom. The van der Waals surface area contributed by atoms with Gasteiger partial charge < -0.3 is 44.9 Å². The Morgan fingerprint density at radius 1 is 0.840 bits per heavy atom. The van der Waals surface area contributed by atoms with Gasteiger partial charge in [-0.15, -0.1) is 0 Å². The number of anilines is 2. The van der Waals surface area contributed by atoms with E-state index in [1.54, 1.807) is 50.5 Å². The number of imide groups is 1. The minimum absolute atomic E-state index is 0.0770. The van der Waals surface area contributed by atoms with Crippen LogP contribution in [-0.2, 0) is 33.0 Å². The van der Waals surface area contributed by atoms with Gasteiger partial charge in [-0.25, -0.2) is 28.3 Å². The molecule has 426 valence electrons. The zero-order valence-corrected chi connectivity index (χ0v) is 46.6. The maximum absolute atomic E-state index is 15.6. The van der Waals surface area contributed by atoms with Gasteiger partial charge in [0.15, 0.2) is 0 Å². The molecule has 3 aliphatic rings. The maximum Gasteiger partial charge on any atom is 0.408 e. The molecule has 3 aliphatic heterocycles. The highest BCUT2D eigenvalue weighted by Crippen LogP contribution is 2.42. The number of aliphatic hydroxyl groups is 1. The summed E-state index contributed by atoms with van der Waals surface area (Å²) in [5.74, 6) is -2.87. The van der Waals surface area contributed by atoms with Gasteiger partial charge in [-0.05, 0) is 163 Å². The molecule has 81 heavy (non-hydrogen) atoms. The van der Waals surface area contributed by atoms with Crippen LogP contribution in [0.2, 0.25) is 0 Å². The number of amides is 7. The number of ether oxygens (including phenoxy) is 2. The number of halogens is 2. The highest BCUT2D eigenvalue weighted by Gasteiger charge is 2.39. The average molecular weight is 1110 g/mol. The van der Waals surface area contributed by atoms with Crippen LogP contribution in [0.5, 0.6) is 5.75 Å². The fourth-order valence-electron chi connectivity index (χ4n) is 10.8. The number of benzene rings is 4. The van der Waals surface area contributed by atoms with E-state index >= 15 is 8.78 Å². The van der Waals surface area contributed by atoms with Gasteiger partial charge in [-0.3, -0.25) is 29.4 Å². The SMILES string of the molecule is COc1ccc(C(=O)N2CCC3(CCN(CCc4ccc(-c5cc6c(-c7cc(F)cc(NC(=O)c8ccc(C(C)(C)O)cc8F)c7C)ncnc6n5CNC(=O)CNC(=O)OC(C)(C)C)cc4)CC3)CC2)cc1N1CCC(=O)NC1=O. The molecule has 0 saturated carbocycles. The molecule has 0 aliphatic carbocycles.